The minimum Gasteiger partial charge on any atom is -0.464 e. The van der Waals surface area contributed by atoms with Crippen molar-refractivity contribution in [2.45, 2.75) is 24.5 Å². The monoisotopic (exact) mass is 452 g/mol. The van der Waals surface area contributed by atoms with Gasteiger partial charge in [0.25, 0.3) is 15.9 Å². The van der Waals surface area contributed by atoms with Gasteiger partial charge in [0.05, 0.1) is 17.0 Å². The van der Waals surface area contributed by atoms with E-state index >= 15 is 0 Å². The molecule has 0 saturated heterocycles. The third kappa shape index (κ3) is 5.46. The maximum absolute atomic E-state index is 12.8. The lowest BCUT2D eigenvalue weighted by atomic mass is 10.2. The van der Waals surface area contributed by atoms with Gasteiger partial charge in [-0.1, -0.05) is 6.07 Å². The van der Waals surface area contributed by atoms with E-state index in [2.05, 4.69) is 4.72 Å². The lowest BCUT2D eigenvalue weighted by Crippen LogP contribution is -2.26. The summed E-state index contributed by atoms with van der Waals surface area (Å²) in [5, 5.41) is 0. The number of alkyl halides is 3. The quantitative estimate of drug-likeness (QED) is 0.589. The molecule has 1 heterocycles. The van der Waals surface area contributed by atoms with Crippen molar-refractivity contribution in [1.29, 1.82) is 0 Å². The van der Waals surface area contributed by atoms with E-state index in [0.29, 0.717) is 11.8 Å². The molecule has 2 aromatic carbocycles. The Bertz CT molecular complexity index is 1190. The highest BCUT2D eigenvalue weighted by atomic mass is 32.2. The van der Waals surface area contributed by atoms with Gasteiger partial charge in [-0.05, 0) is 61.5 Å². The number of furan rings is 1. The molecule has 0 bridgehead atoms. The van der Waals surface area contributed by atoms with Crippen LogP contribution in [0.3, 0.4) is 0 Å². The molecule has 0 fully saturated rings. The molecule has 0 unspecified atom stereocenters. The number of hydrogen-bond donors (Lipinski definition) is 1. The van der Waals surface area contributed by atoms with Gasteiger partial charge in [-0.2, -0.15) is 13.2 Å². The Morgan fingerprint density at radius 2 is 1.74 bits per heavy atom. The van der Waals surface area contributed by atoms with Crippen LogP contribution in [-0.2, 0) is 22.7 Å². The summed E-state index contributed by atoms with van der Waals surface area (Å²) in [7, 11) is -2.56. The lowest BCUT2D eigenvalue weighted by Gasteiger charge is -2.16. The van der Waals surface area contributed by atoms with Crippen LogP contribution in [0, 0.1) is 6.92 Å². The number of sulfonamides is 1. The maximum Gasteiger partial charge on any atom is 0.416 e. The molecule has 0 atom stereocenters. The summed E-state index contributed by atoms with van der Waals surface area (Å²) in [6.07, 6.45) is -4.59. The van der Waals surface area contributed by atoms with Crippen molar-refractivity contribution in [3.05, 3.63) is 83.3 Å². The Labute approximate surface area is 177 Å². The van der Waals surface area contributed by atoms with E-state index in [1.807, 2.05) is 0 Å². The first-order valence-electron chi connectivity index (χ1n) is 9.06. The van der Waals surface area contributed by atoms with Gasteiger partial charge in [-0.15, -0.1) is 0 Å². The van der Waals surface area contributed by atoms with Gasteiger partial charge in [-0.25, -0.2) is 8.42 Å². The first-order valence-corrected chi connectivity index (χ1v) is 10.5. The van der Waals surface area contributed by atoms with Crippen LogP contribution < -0.4 is 4.72 Å². The van der Waals surface area contributed by atoms with Gasteiger partial charge in [-0.3, -0.25) is 9.52 Å². The zero-order chi connectivity index (χ0) is 22.8. The highest BCUT2D eigenvalue weighted by Gasteiger charge is 2.30. The number of nitrogens with one attached hydrogen (secondary N) is 1. The second-order valence-electron chi connectivity index (χ2n) is 6.88. The fraction of sp³-hybridized carbons (Fsp3) is 0.190. The van der Waals surface area contributed by atoms with Crippen molar-refractivity contribution in [2.75, 3.05) is 11.8 Å². The number of amides is 1. The number of hydrogen-bond acceptors (Lipinski definition) is 4. The van der Waals surface area contributed by atoms with E-state index < -0.39 is 21.8 Å². The van der Waals surface area contributed by atoms with Crippen LogP contribution in [0.1, 0.15) is 27.4 Å². The van der Waals surface area contributed by atoms with Crippen LogP contribution in [0.4, 0.5) is 18.9 Å². The Kier molecular flexibility index (Phi) is 6.12. The normalized spacial score (nSPS) is 11.9. The van der Waals surface area contributed by atoms with Crippen LogP contribution in [-0.4, -0.2) is 26.3 Å². The number of nitrogens with zero attached hydrogens (tertiary/aromatic N) is 1. The van der Waals surface area contributed by atoms with E-state index in [0.717, 1.165) is 17.9 Å². The Balaban J connectivity index is 1.73. The molecule has 0 aliphatic heterocycles. The number of benzene rings is 2. The lowest BCUT2D eigenvalue weighted by molar-refractivity contribution is -0.137. The molecule has 164 valence electrons. The van der Waals surface area contributed by atoms with Crippen LogP contribution >= 0.6 is 0 Å². The van der Waals surface area contributed by atoms with Gasteiger partial charge < -0.3 is 9.32 Å². The van der Waals surface area contributed by atoms with E-state index in [4.69, 9.17) is 4.42 Å². The summed E-state index contributed by atoms with van der Waals surface area (Å²) < 4.78 is 71.1. The van der Waals surface area contributed by atoms with Gasteiger partial charge in [0.1, 0.15) is 11.5 Å². The second kappa shape index (κ2) is 8.46. The zero-order valence-electron chi connectivity index (χ0n) is 16.6. The summed E-state index contributed by atoms with van der Waals surface area (Å²) in [5.41, 5.74) is -0.935. The number of halogens is 3. The number of anilines is 1. The molecule has 3 aromatic rings. The average Bonchev–Trinajstić information content (AvgIpc) is 3.11. The maximum atomic E-state index is 12.8. The summed E-state index contributed by atoms with van der Waals surface area (Å²) in [6.45, 7) is 2.03. The average molecular weight is 452 g/mol. The summed E-state index contributed by atoms with van der Waals surface area (Å²) in [6, 6.07) is 12.5. The topological polar surface area (TPSA) is 79.6 Å². The van der Waals surface area contributed by atoms with E-state index in [-0.39, 0.29) is 28.6 Å². The number of carbonyl (C=O) groups is 1. The molecule has 0 aliphatic rings. The number of carbonyl (C=O) groups excluding carboxylic acids is 1. The first kappa shape index (κ1) is 22.4. The predicted octanol–water partition coefficient (Wildman–Crippen LogP) is 4.68. The largest absolute Gasteiger partial charge is 0.464 e. The van der Waals surface area contributed by atoms with Crippen molar-refractivity contribution in [3.63, 3.8) is 0 Å². The number of rotatable bonds is 6. The van der Waals surface area contributed by atoms with Gasteiger partial charge in [0.15, 0.2) is 0 Å². The highest BCUT2D eigenvalue weighted by Crippen LogP contribution is 2.31. The highest BCUT2D eigenvalue weighted by molar-refractivity contribution is 7.92. The summed E-state index contributed by atoms with van der Waals surface area (Å²) >= 11 is 0. The summed E-state index contributed by atoms with van der Waals surface area (Å²) in [5.74, 6) is 0.986. The van der Waals surface area contributed by atoms with Gasteiger partial charge in [0.2, 0.25) is 0 Å². The van der Waals surface area contributed by atoms with Crippen LogP contribution in [0.15, 0.2) is 70.0 Å². The van der Waals surface area contributed by atoms with E-state index in [1.54, 1.807) is 26.1 Å². The molecule has 10 heteroatoms. The Morgan fingerprint density at radius 1 is 1.06 bits per heavy atom. The van der Waals surface area contributed by atoms with Crippen molar-refractivity contribution >= 4 is 21.6 Å². The molecular formula is C21H19F3N2O4S. The van der Waals surface area contributed by atoms with Crippen molar-refractivity contribution in [2.24, 2.45) is 0 Å². The molecule has 3 rings (SSSR count). The number of aryl methyl sites for hydroxylation is 1. The smallest absolute Gasteiger partial charge is 0.416 e. The van der Waals surface area contributed by atoms with Crippen LogP contribution in [0.2, 0.25) is 0 Å². The predicted molar refractivity (Wildman–Crippen MR) is 108 cm³/mol. The third-order valence-corrected chi connectivity index (χ3v) is 5.79. The molecule has 6 nitrogen and oxygen atoms in total. The minimum atomic E-state index is -4.59. The van der Waals surface area contributed by atoms with E-state index in [1.165, 1.54) is 35.2 Å². The Morgan fingerprint density at radius 3 is 2.32 bits per heavy atom. The van der Waals surface area contributed by atoms with Crippen LogP contribution in [0.25, 0.3) is 0 Å². The molecule has 31 heavy (non-hydrogen) atoms. The third-order valence-electron chi connectivity index (χ3n) is 4.39. The van der Waals surface area contributed by atoms with Crippen molar-refractivity contribution in [3.8, 4) is 0 Å². The fourth-order valence-corrected chi connectivity index (χ4v) is 3.90. The summed E-state index contributed by atoms with van der Waals surface area (Å²) in [4.78, 5) is 13.8. The second-order valence-corrected chi connectivity index (χ2v) is 8.56. The standard InChI is InChI=1S/C21H19F3N2O4S/c1-14-6-9-18(30-14)13-26(2)20(27)15-7-10-19(11-8-15)31(28,29)25-17-5-3-4-16(12-17)21(22,23)24/h3-12,25H,13H2,1-2H3. The van der Waals surface area contributed by atoms with Crippen LogP contribution in [0.5, 0.6) is 0 Å². The molecule has 0 aliphatic carbocycles. The van der Waals surface area contributed by atoms with Gasteiger partial charge in [0, 0.05) is 18.3 Å². The molecule has 0 saturated carbocycles. The molecule has 1 aromatic heterocycles. The van der Waals surface area contributed by atoms with Crippen molar-refractivity contribution in [1.82, 2.24) is 4.90 Å². The molecule has 1 amide bonds. The van der Waals surface area contributed by atoms with Crippen molar-refractivity contribution < 1.29 is 30.8 Å². The molecule has 0 radical (unpaired) electrons. The Hall–Kier alpha value is -3.27. The minimum absolute atomic E-state index is 0.189. The molecule has 0 spiro atoms. The zero-order valence-corrected chi connectivity index (χ0v) is 17.4. The fourth-order valence-electron chi connectivity index (χ4n) is 2.85. The van der Waals surface area contributed by atoms with Gasteiger partial charge >= 0.3 is 6.18 Å². The molecular weight excluding hydrogens is 433 g/mol. The first-order chi connectivity index (χ1) is 14.5. The molecule has 1 N–H and O–H groups in total. The van der Waals surface area contributed by atoms with E-state index in [9.17, 15) is 26.4 Å². The SMILES string of the molecule is Cc1ccc(CN(C)C(=O)c2ccc(S(=O)(=O)Nc3cccc(C(F)(F)F)c3)cc2)o1.